The molecule has 0 aromatic heterocycles. The van der Waals surface area contributed by atoms with Crippen LogP contribution in [0.1, 0.15) is 77.5 Å². The van der Waals surface area contributed by atoms with Gasteiger partial charge in [-0.15, -0.1) is 0 Å². The maximum absolute atomic E-state index is 11.8. The van der Waals surface area contributed by atoms with E-state index in [0.29, 0.717) is 48.7 Å². The van der Waals surface area contributed by atoms with Crippen molar-refractivity contribution in [3.8, 4) is 28.7 Å². The van der Waals surface area contributed by atoms with E-state index in [2.05, 4.69) is 36.9 Å². The summed E-state index contributed by atoms with van der Waals surface area (Å²) >= 11 is 0. The van der Waals surface area contributed by atoms with Crippen molar-refractivity contribution in [3.05, 3.63) is 123 Å². The van der Waals surface area contributed by atoms with Gasteiger partial charge in [-0.3, -0.25) is 19.4 Å². The molecule has 2 atom stereocenters. The number of likely N-dealkylation sites (tertiary alicyclic amines) is 2. The van der Waals surface area contributed by atoms with E-state index < -0.39 is 24.0 Å². The van der Waals surface area contributed by atoms with Gasteiger partial charge >= 0.3 is 11.9 Å². The molecule has 0 radical (unpaired) electrons. The van der Waals surface area contributed by atoms with Gasteiger partial charge in [0.25, 0.3) is 0 Å². The number of carboxylic acids is 2. The molecule has 0 spiro atoms. The number of carboxylic acid groups (broad SMARTS) is 2. The molecule has 2 aliphatic rings. The second-order valence-corrected chi connectivity index (χ2v) is 14.3. The molecule has 0 amide bonds. The molecule has 0 bridgehead atoms. The molecule has 10 nitrogen and oxygen atoms in total. The van der Waals surface area contributed by atoms with Crippen LogP contribution in [0.3, 0.4) is 0 Å². The van der Waals surface area contributed by atoms with Crippen LogP contribution in [0.15, 0.2) is 72.8 Å². The van der Waals surface area contributed by atoms with Crippen LogP contribution in [-0.2, 0) is 35.9 Å². The predicted octanol–water partition coefficient (Wildman–Crippen LogP) is 8.43. The Morgan fingerprint density at radius 3 is 1.76 bits per heavy atom. The zero-order chi connectivity index (χ0) is 38.2. The Balaban J connectivity index is 1.12. The first-order chi connectivity index (χ1) is 26.2. The fraction of sp³-hybridized carbons (Fsp3) is 0.364. The molecule has 278 valence electrons. The molecule has 0 unspecified atom stereocenters. The Morgan fingerprint density at radius 2 is 1.26 bits per heavy atom. The van der Waals surface area contributed by atoms with E-state index in [1.54, 1.807) is 18.2 Å². The van der Waals surface area contributed by atoms with Crippen molar-refractivity contribution in [2.24, 2.45) is 0 Å². The van der Waals surface area contributed by atoms with Crippen LogP contribution in [-0.4, -0.2) is 57.1 Å². The lowest BCUT2D eigenvalue weighted by Crippen LogP contribution is -2.44. The maximum Gasteiger partial charge on any atom is 0.320 e. The summed E-state index contributed by atoms with van der Waals surface area (Å²) in [5.74, 6) is -0.629. The number of nitrogens with zero attached hydrogens (tertiary/aromatic N) is 4. The van der Waals surface area contributed by atoms with Gasteiger partial charge in [0.1, 0.15) is 42.9 Å². The summed E-state index contributed by atoms with van der Waals surface area (Å²) in [6, 6.07) is 24.5. The fourth-order valence-electron chi connectivity index (χ4n) is 7.72. The molecule has 2 saturated heterocycles. The lowest BCUT2D eigenvalue weighted by atomic mass is 9.92. The van der Waals surface area contributed by atoms with Crippen molar-refractivity contribution in [3.63, 3.8) is 0 Å². The van der Waals surface area contributed by atoms with Crippen LogP contribution in [0.2, 0.25) is 0 Å². The highest BCUT2D eigenvalue weighted by atomic mass is 16.5. The predicted molar refractivity (Wildman–Crippen MR) is 205 cm³/mol. The van der Waals surface area contributed by atoms with Gasteiger partial charge < -0.3 is 19.7 Å². The second kappa shape index (κ2) is 17.4. The van der Waals surface area contributed by atoms with Crippen molar-refractivity contribution in [2.45, 2.75) is 90.8 Å². The first kappa shape index (κ1) is 38.1. The third-order valence-corrected chi connectivity index (χ3v) is 10.8. The topological polar surface area (TPSA) is 128 Å². The zero-order valence-electron chi connectivity index (χ0n) is 30.9. The zero-order valence-corrected chi connectivity index (χ0v) is 30.9. The summed E-state index contributed by atoms with van der Waals surface area (Å²) in [5.41, 5.74) is 8.81. The van der Waals surface area contributed by atoms with Gasteiger partial charge in [0, 0.05) is 13.1 Å². The highest BCUT2D eigenvalue weighted by molar-refractivity contribution is 5.74. The summed E-state index contributed by atoms with van der Waals surface area (Å²) in [7, 11) is 0. The van der Waals surface area contributed by atoms with E-state index in [1.165, 1.54) is 0 Å². The molecule has 2 N–H and O–H groups in total. The molecule has 4 aromatic carbocycles. The number of rotatable bonds is 13. The normalized spacial score (nSPS) is 17.6. The number of hydrogen-bond acceptors (Lipinski definition) is 7. The third-order valence-electron chi connectivity index (χ3n) is 10.8. The van der Waals surface area contributed by atoms with Crippen LogP contribution < -0.4 is 9.47 Å². The lowest BCUT2D eigenvalue weighted by Gasteiger charge is -2.33. The summed E-state index contributed by atoms with van der Waals surface area (Å²) in [6.07, 6.45) is 5.02. The van der Waals surface area contributed by atoms with Gasteiger partial charge in [0.05, 0.1) is 12.1 Å². The average molecular weight is 727 g/mol. The molecule has 2 fully saturated rings. The Morgan fingerprint density at radius 1 is 0.759 bits per heavy atom. The molecule has 6 rings (SSSR count). The number of benzene rings is 4. The first-order valence-electron chi connectivity index (χ1n) is 18.6. The highest BCUT2D eigenvalue weighted by Gasteiger charge is 2.29. The van der Waals surface area contributed by atoms with Gasteiger partial charge in [-0.25, -0.2) is 4.85 Å². The number of piperidine rings is 2. The number of ether oxygens (including phenoxy) is 2. The van der Waals surface area contributed by atoms with E-state index in [1.807, 2.05) is 52.3 Å². The Hall–Kier alpha value is -5.68. The van der Waals surface area contributed by atoms with E-state index in [-0.39, 0.29) is 13.2 Å². The van der Waals surface area contributed by atoms with E-state index in [0.717, 1.165) is 83.3 Å². The van der Waals surface area contributed by atoms with Crippen molar-refractivity contribution >= 4 is 17.6 Å². The molecule has 4 aromatic rings. The molecule has 54 heavy (non-hydrogen) atoms. The smallest absolute Gasteiger partial charge is 0.320 e. The largest absolute Gasteiger partial charge is 0.500 e. The van der Waals surface area contributed by atoms with Gasteiger partial charge in [-0.05, 0) is 121 Å². The van der Waals surface area contributed by atoms with Crippen molar-refractivity contribution < 1.29 is 29.3 Å². The molecule has 0 saturated carbocycles. The third kappa shape index (κ3) is 8.74. The summed E-state index contributed by atoms with van der Waals surface area (Å²) < 4.78 is 12.4. The minimum atomic E-state index is -0.803. The monoisotopic (exact) mass is 726 g/mol. The maximum atomic E-state index is 11.8. The van der Waals surface area contributed by atoms with Crippen molar-refractivity contribution in [1.82, 2.24) is 9.80 Å². The fourth-order valence-corrected chi connectivity index (χ4v) is 7.72. The highest BCUT2D eigenvalue weighted by Crippen LogP contribution is 2.34. The number of aliphatic carboxylic acids is 2. The number of nitriles is 1. The van der Waals surface area contributed by atoms with Crippen molar-refractivity contribution in [1.29, 1.82) is 5.26 Å². The van der Waals surface area contributed by atoms with E-state index in [4.69, 9.17) is 16.0 Å². The van der Waals surface area contributed by atoms with Crippen LogP contribution in [0.5, 0.6) is 11.5 Å². The second-order valence-electron chi connectivity index (χ2n) is 14.3. The summed E-state index contributed by atoms with van der Waals surface area (Å²) in [6.45, 7) is 14.9. The number of hydrogen-bond donors (Lipinski definition) is 2. The summed E-state index contributed by atoms with van der Waals surface area (Å²) in [4.78, 5) is 31.2. The SMILES string of the molecule is [C-]#[N+]c1cc(CN2CCCC[C@H]2C(=O)O)ccc1OCc1cccc(-c2cccc(COc3ccc(CN4CCCC[C@H]4C(=O)O)cc3C#N)c2C)c1C. The van der Waals surface area contributed by atoms with Crippen molar-refractivity contribution in [2.75, 3.05) is 13.1 Å². The molecule has 2 aliphatic heterocycles. The van der Waals surface area contributed by atoms with Crippen LogP contribution in [0, 0.1) is 31.8 Å². The van der Waals surface area contributed by atoms with E-state index in [9.17, 15) is 25.1 Å². The summed E-state index contributed by atoms with van der Waals surface area (Å²) in [5, 5.41) is 29.3. The molecule has 0 aliphatic carbocycles. The number of carbonyl (C=O) groups is 2. The molecule has 10 heteroatoms. The standard InChI is InChI=1S/C44H46N4O6/c1-29-33(27-53-41-18-16-31(22-35(41)24-45)25-47-20-6-4-14-39(47)43(49)50)10-8-12-36(29)37-13-9-11-34(30(37)2)28-54-42-19-17-32(23-38(42)46-3)26-48-21-7-5-15-40(48)44(51)52/h8-13,16-19,22-23,39-40H,4-7,14-15,20-21,25-28H2,1-2H3,(H,49,50)(H,51,52)/t39-,40-/m0/s1. The van der Waals surface area contributed by atoms with Crippen LogP contribution >= 0.6 is 0 Å². The van der Waals surface area contributed by atoms with Gasteiger partial charge in [-0.2, -0.15) is 5.26 Å². The Kier molecular flexibility index (Phi) is 12.3. The lowest BCUT2D eigenvalue weighted by molar-refractivity contribution is -0.145. The minimum Gasteiger partial charge on any atom is -0.500 e. The van der Waals surface area contributed by atoms with Gasteiger partial charge in [0.2, 0.25) is 5.69 Å². The Bertz CT molecular complexity index is 1950. The molecular weight excluding hydrogens is 681 g/mol. The average Bonchev–Trinajstić information content (AvgIpc) is 3.18. The van der Waals surface area contributed by atoms with Gasteiger partial charge in [0.15, 0.2) is 0 Å². The van der Waals surface area contributed by atoms with E-state index >= 15 is 0 Å². The molecular formula is C44H46N4O6. The van der Waals surface area contributed by atoms with Gasteiger partial charge in [-0.1, -0.05) is 61.4 Å². The quantitative estimate of drug-likeness (QED) is 0.131. The first-order valence-corrected chi connectivity index (χ1v) is 18.6. The minimum absolute atomic E-state index is 0.271. The Labute approximate surface area is 317 Å². The molecule has 2 heterocycles. The van der Waals surface area contributed by atoms with Crippen LogP contribution in [0.25, 0.3) is 16.0 Å². The van der Waals surface area contributed by atoms with Crippen LogP contribution in [0.4, 0.5) is 5.69 Å².